The average Bonchev–Trinajstić information content (AvgIpc) is 3.29. The largest absolute Gasteiger partial charge is 0.489 e. The molecule has 1 aliphatic heterocycles. The molecule has 0 N–H and O–H groups in total. The van der Waals surface area contributed by atoms with Gasteiger partial charge in [-0.15, -0.1) is 11.3 Å². The fourth-order valence-electron chi connectivity index (χ4n) is 4.10. The summed E-state index contributed by atoms with van der Waals surface area (Å²) in [6.45, 7) is 2.01. The first-order chi connectivity index (χ1) is 16.8. The third-order valence-electron chi connectivity index (χ3n) is 5.83. The Morgan fingerprint density at radius 3 is 2.76 bits per heavy atom. The van der Waals surface area contributed by atoms with Crippen LogP contribution in [0.15, 0.2) is 84.5 Å². The predicted octanol–water partition coefficient (Wildman–Crippen LogP) is 5.40. The Morgan fingerprint density at radius 2 is 1.97 bits per heavy atom. The van der Waals surface area contributed by atoms with Crippen molar-refractivity contribution in [2.24, 2.45) is 0 Å². The molecule has 5 nitrogen and oxygen atoms in total. The van der Waals surface area contributed by atoms with E-state index < -0.39 is 0 Å². The second kappa shape index (κ2) is 10.5. The first-order valence-electron chi connectivity index (χ1n) is 11.4. The molecule has 1 aliphatic rings. The average molecular weight is 471 g/mol. The summed E-state index contributed by atoms with van der Waals surface area (Å²) in [4.78, 5) is 20.5. The lowest BCUT2D eigenvalue weighted by Gasteiger charge is -2.20. The first kappa shape index (κ1) is 22.2. The number of benzene rings is 2. The van der Waals surface area contributed by atoms with Crippen molar-refractivity contribution in [2.75, 3.05) is 19.8 Å². The number of fused-ring (bicyclic) bond motifs is 1. The van der Waals surface area contributed by atoms with Crippen molar-refractivity contribution in [3.05, 3.63) is 101 Å². The van der Waals surface area contributed by atoms with Gasteiger partial charge in [0.15, 0.2) is 11.5 Å². The van der Waals surface area contributed by atoms with Crippen LogP contribution < -0.4 is 9.47 Å². The normalized spacial score (nSPS) is 13.0. The van der Waals surface area contributed by atoms with Crippen LogP contribution in [-0.2, 0) is 24.2 Å². The summed E-state index contributed by atoms with van der Waals surface area (Å²) in [6, 6.07) is 22.1. The standard InChI is InChI=1S/C28H26N2O3S/c31-27(16-21-6-2-1-3-7-21)30-12-14-33-28-24(20-30)17-23(22-8-4-11-29-19-22)18-26(28)32-13-10-25-9-5-15-34-25/h1-9,11,15,17-19H,10,12-14,16,20H2. The summed E-state index contributed by atoms with van der Waals surface area (Å²) < 4.78 is 12.4. The minimum absolute atomic E-state index is 0.0922. The van der Waals surface area contributed by atoms with E-state index in [1.807, 2.05) is 59.6 Å². The molecular formula is C28H26N2O3S. The van der Waals surface area contributed by atoms with E-state index in [1.165, 1.54) is 4.88 Å². The number of thiophene rings is 1. The zero-order valence-electron chi connectivity index (χ0n) is 18.9. The maximum Gasteiger partial charge on any atom is 0.227 e. The van der Waals surface area contributed by atoms with Crippen LogP contribution in [0.25, 0.3) is 11.1 Å². The minimum Gasteiger partial charge on any atom is -0.489 e. The van der Waals surface area contributed by atoms with Gasteiger partial charge in [-0.1, -0.05) is 42.5 Å². The van der Waals surface area contributed by atoms with Crippen LogP contribution in [0.1, 0.15) is 16.0 Å². The smallest absolute Gasteiger partial charge is 0.227 e. The molecule has 2 aromatic carbocycles. The van der Waals surface area contributed by atoms with Crippen LogP contribution in [0.3, 0.4) is 0 Å². The van der Waals surface area contributed by atoms with Gasteiger partial charge in [-0.2, -0.15) is 0 Å². The van der Waals surface area contributed by atoms with Gasteiger partial charge in [0, 0.05) is 41.4 Å². The van der Waals surface area contributed by atoms with E-state index in [0.717, 1.165) is 34.4 Å². The Morgan fingerprint density at radius 1 is 1.06 bits per heavy atom. The van der Waals surface area contributed by atoms with Crippen molar-refractivity contribution in [1.82, 2.24) is 9.88 Å². The van der Waals surface area contributed by atoms with Crippen LogP contribution in [0, 0.1) is 0 Å². The van der Waals surface area contributed by atoms with Crippen LogP contribution in [-0.4, -0.2) is 35.5 Å². The highest BCUT2D eigenvalue weighted by Gasteiger charge is 2.24. The Bertz CT molecular complexity index is 1230. The maximum atomic E-state index is 13.1. The molecule has 1 amide bonds. The second-order valence-corrected chi connectivity index (χ2v) is 9.24. The quantitative estimate of drug-likeness (QED) is 0.363. The lowest BCUT2D eigenvalue weighted by atomic mass is 10.0. The van der Waals surface area contributed by atoms with E-state index in [0.29, 0.717) is 38.5 Å². The van der Waals surface area contributed by atoms with Crippen molar-refractivity contribution in [3.8, 4) is 22.6 Å². The van der Waals surface area contributed by atoms with Gasteiger partial charge >= 0.3 is 0 Å². The predicted molar refractivity (Wildman–Crippen MR) is 134 cm³/mol. The van der Waals surface area contributed by atoms with Crippen LogP contribution in [0.5, 0.6) is 11.5 Å². The molecule has 0 aliphatic carbocycles. The molecule has 0 saturated heterocycles. The molecule has 5 rings (SSSR count). The fraction of sp³-hybridized carbons (Fsp3) is 0.214. The first-order valence-corrected chi connectivity index (χ1v) is 12.3. The number of nitrogens with zero attached hydrogens (tertiary/aromatic N) is 2. The highest BCUT2D eigenvalue weighted by Crippen LogP contribution is 2.38. The van der Waals surface area contributed by atoms with Crippen molar-refractivity contribution < 1.29 is 14.3 Å². The van der Waals surface area contributed by atoms with Gasteiger partial charge in [-0.3, -0.25) is 9.78 Å². The monoisotopic (exact) mass is 470 g/mol. The number of pyridine rings is 1. The molecule has 0 saturated carbocycles. The second-order valence-electron chi connectivity index (χ2n) is 8.21. The molecular weight excluding hydrogens is 444 g/mol. The third kappa shape index (κ3) is 5.29. The maximum absolute atomic E-state index is 13.1. The van der Waals surface area contributed by atoms with E-state index in [2.05, 4.69) is 28.6 Å². The Kier molecular flexibility index (Phi) is 6.86. The zero-order chi connectivity index (χ0) is 23.2. The minimum atomic E-state index is 0.0922. The summed E-state index contributed by atoms with van der Waals surface area (Å²) in [6.07, 6.45) is 4.82. The number of rotatable bonds is 7. The van der Waals surface area contributed by atoms with Crippen LogP contribution in [0.4, 0.5) is 0 Å². The third-order valence-corrected chi connectivity index (χ3v) is 6.77. The summed E-state index contributed by atoms with van der Waals surface area (Å²) >= 11 is 1.73. The van der Waals surface area contributed by atoms with E-state index in [-0.39, 0.29) is 5.91 Å². The van der Waals surface area contributed by atoms with E-state index in [1.54, 1.807) is 17.5 Å². The molecule has 172 valence electrons. The summed E-state index contributed by atoms with van der Waals surface area (Å²) in [5.74, 6) is 1.54. The molecule has 0 radical (unpaired) electrons. The highest BCUT2D eigenvalue weighted by molar-refractivity contribution is 7.09. The van der Waals surface area contributed by atoms with Crippen molar-refractivity contribution in [2.45, 2.75) is 19.4 Å². The van der Waals surface area contributed by atoms with E-state index >= 15 is 0 Å². The zero-order valence-corrected chi connectivity index (χ0v) is 19.7. The van der Waals surface area contributed by atoms with Crippen molar-refractivity contribution in [3.63, 3.8) is 0 Å². The molecule has 0 atom stereocenters. The Balaban J connectivity index is 1.41. The molecule has 4 aromatic rings. The molecule has 34 heavy (non-hydrogen) atoms. The van der Waals surface area contributed by atoms with Crippen LogP contribution in [0.2, 0.25) is 0 Å². The number of ether oxygens (including phenoxy) is 2. The van der Waals surface area contributed by atoms with Gasteiger partial charge in [-0.05, 0) is 40.8 Å². The number of hydrogen-bond donors (Lipinski definition) is 0. The molecule has 0 fully saturated rings. The fourth-order valence-corrected chi connectivity index (χ4v) is 4.79. The number of carbonyl (C=O) groups excluding carboxylic acids is 1. The molecule has 6 heteroatoms. The molecule has 0 unspecified atom stereocenters. The SMILES string of the molecule is O=C(Cc1ccccc1)N1CCOc2c(cc(-c3cccnc3)cc2OCCc2cccs2)C1. The summed E-state index contributed by atoms with van der Waals surface area (Å²) in [5.41, 5.74) is 3.96. The summed E-state index contributed by atoms with van der Waals surface area (Å²) in [7, 11) is 0. The lowest BCUT2D eigenvalue weighted by Crippen LogP contribution is -2.33. The van der Waals surface area contributed by atoms with Gasteiger partial charge in [-0.25, -0.2) is 0 Å². The van der Waals surface area contributed by atoms with Crippen molar-refractivity contribution in [1.29, 1.82) is 0 Å². The number of amides is 1. The van der Waals surface area contributed by atoms with Crippen molar-refractivity contribution >= 4 is 17.2 Å². The topological polar surface area (TPSA) is 51.7 Å². The van der Waals surface area contributed by atoms with Gasteiger partial charge in [0.25, 0.3) is 0 Å². The Hall–Kier alpha value is -3.64. The number of aromatic nitrogens is 1. The number of carbonyl (C=O) groups is 1. The lowest BCUT2D eigenvalue weighted by molar-refractivity contribution is -0.131. The highest BCUT2D eigenvalue weighted by atomic mass is 32.1. The van der Waals surface area contributed by atoms with Crippen LogP contribution >= 0.6 is 11.3 Å². The van der Waals surface area contributed by atoms with Gasteiger partial charge in [0.2, 0.25) is 5.91 Å². The summed E-state index contributed by atoms with van der Waals surface area (Å²) in [5, 5.41) is 2.08. The van der Waals surface area contributed by atoms with E-state index in [4.69, 9.17) is 9.47 Å². The molecule has 0 bridgehead atoms. The van der Waals surface area contributed by atoms with E-state index in [9.17, 15) is 4.79 Å². The van der Waals surface area contributed by atoms with Gasteiger partial charge in [0.05, 0.1) is 19.6 Å². The van der Waals surface area contributed by atoms with Gasteiger partial charge < -0.3 is 14.4 Å². The molecule has 3 heterocycles. The number of hydrogen-bond acceptors (Lipinski definition) is 5. The van der Waals surface area contributed by atoms with Gasteiger partial charge in [0.1, 0.15) is 6.61 Å². The molecule has 0 spiro atoms. The molecule has 2 aromatic heterocycles. The Labute approximate surface area is 203 Å².